The average molecular weight is 301 g/mol. The molecule has 1 aliphatic heterocycles. The molecule has 0 aliphatic carbocycles. The van der Waals surface area contributed by atoms with Crippen LogP contribution in [-0.2, 0) is 5.60 Å². The highest BCUT2D eigenvalue weighted by Gasteiger charge is 2.29. The zero-order valence-electron chi connectivity index (χ0n) is 9.62. The van der Waals surface area contributed by atoms with E-state index in [2.05, 4.69) is 15.9 Å². The molecule has 0 atom stereocenters. The molecule has 0 saturated heterocycles. The fourth-order valence-electron chi connectivity index (χ4n) is 1.76. The molecule has 0 spiro atoms. The lowest BCUT2D eigenvalue weighted by molar-refractivity contribution is 0.0698. The number of ether oxygens (including phenoxy) is 2. The monoisotopic (exact) mass is 300 g/mol. The molecule has 2 rings (SSSR count). The van der Waals surface area contributed by atoms with Gasteiger partial charge in [0.15, 0.2) is 17.8 Å². The second kappa shape index (κ2) is 4.31. The zero-order valence-corrected chi connectivity index (χ0v) is 11.2. The topological polar surface area (TPSA) is 55.8 Å². The Morgan fingerprint density at radius 1 is 1.35 bits per heavy atom. The highest BCUT2D eigenvalue weighted by molar-refractivity contribution is 9.10. The molecule has 0 radical (unpaired) electrons. The van der Waals surface area contributed by atoms with Crippen LogP contribution < -0.4 is 9.47 Å². The van der Waals surface area contributed by atoms with E-state index in [1.54, 1.807) is 19.9 Å². The molecule has 0 fully saturated rings. The molecular formula is C12H13BrO4. The summed E-state index contributed by atoms with van der Waals surface area (Å²) in [5.41, 5.74) is -0.0493. The Kier molecular flexibility index (Phi) is 3.14. The van der Waals surface area contributed by atoms with Gasteiger partial charge in [-0.2, -0.15) is 0 Å². The predicted octanol–water partition coefficient (Wildman–Crippen LogP) is 2.26. The van der Waals surface area contributed by atoms with Crippen molar-refractivity contribution in [2.45, 2.75) is 19.4 Å². The first-order valence-electron chi connectivity index (χ1n) is 5.25. The molecule has 0 bridgehead atoms. The highest BCUT2D eigenvalue weighted by atomic mass is 79.9. The minimum atomic E-state index is -1.06. The number of aliphatic hydroxyl groups is 1. The number of halogens is 1. The van der Waals surface area contributed by atoms with Gasteiger partial charge in [-0.05, 0) is 35.8 Å². The predicted molar refractivity (Wildman–Crippen MR) is 65.8 cm³/mol. The molecule has 0 amide bonds. The van der Waals surface area contributed by atoms with E-state index in [9.17, 15) is 9.90 Å². The van der Waals surface area contributed by atoms with Gasteiger partial charge in [0.1, 0.15) is 13.2 Å². The van der Waals surface area contributed by atoms with Gasteiger partial charge < -0.3 is 14.6 Å². The molecule has 1 aromatic rings. The first kappa shape index (κ1) is 12.4. The van der Waals surface area contributed by atoms with Crippen LogP contribution in [0.2, 0.25) is 0 Å². The maximum absolute atomic E-state index is 11.0. The van der Waals surface area contributed by atoms with E-state index in [4.69, 9.17) is 9.47 Å². The van der Waals surface area contributed by atoms with Crippen molar-refractivity contribution < 1.29 is 19.4 Å². The second-order valence-electron chi connectivity index (χ2n) is 4.35. The van der Waals surface area contributed by atoms with Crippen LogP contribution in [0.4, 0.5) is 0 Å². The van der Waals surface area contributed by atoms with E-state index >= 15 is 0 Å². The van der Waals surface area contributed by atoms with Gasteiger partial charge in [-0.15, -0.1) is 0 Å². The lowest BCUT2D eigenvalue weighted by Gasteiger charge is -2.28. The molecule has 92 valence electrons. The minimum Gasteiger partial charge on any atom is -0.486 e. The van der Waals surface area contributed by atoms with Gasteiger partial charge in [-0.3, -0.25) is 4.79 Å². The van der Waals surface area contributed by atoms with E-state index in [0.29, 0.717) is 46.6 Å². The average Bonchev–Trinajstić information content (AvgIpc) is 2.27. The third kappa shape index (κ3) is 2.17. The summed E-state index contributed by atoms with van der Waals surface area (Å²) >= 11 is 3.30. The van der Waals surface area contributed by atoms with Crippen LogP contribution in [-0.4, -0.2) is 24.6 Å². The zero-order chi connectivity index (χ0) is 12.6. The lowest BCUT2D eigenvalue weighted by Crippen LogP contribution is -2.23. The quantitative estimate of drug-likeness (QED) is 0.851. The summed E-state index contributed by atoms with van der Waals surface area (Å²) in [5.74, 6) is 0.854. The van der Waals surface area contributed by atoms with E-state index in [1.807, 2.05) is 0 Å². The van der Waals surface area contributed by atoms with Crippen molar-refractivity contribution in [3.8, 4) is 11.5 Å². The van der Waals surface area contributed by atoms with E-state index in [1.165, 1.54) is 0 Å². The smallest absolute Gasteiger partial charge is 0.173 e. The Bertz CT molecular complexity index is 463. The number of hydrogen-bond acceptors (Lipinski definition) is 4. The molecule has 0 saturated carbocycles. The van der Waals surface area contributed by atoms with E-state index in [-0.39, 0.29) is 0 Å². The molecule has 0 aromatic heterocycles. The molecule has 5 heteroatoms. The minimum absolute atomic E-state index is 0.398. The molecule has 17 heavy (non-hydrogen) atoms. The van der Waals surface area contributed by atoms with Crippen LogP contribution in [0, 0.1) is 0 Å². The van der Waals surface area contributed by atoms with Crippen LogP contribution in [0.3, 0.4) is 0 Å². The largest absolute Gasteiger partial charge is 0.486 e. The molecular weight excluding hydrogens is 288 g/mol. The Hall–Kier alpha value is -1.07. The van der Waals surface area contributed by atoms with E-state index in [0.717, 1.165) is 0 Å². The van der Waals surface area contributed by atoms with Gasteiger partial charge in [0.2, 0.25) is 0 Å². The van der Waals surface area contributed by atoms with Crippen LogP contribution >= 0.6 is 15.9 Å². The first-order chi connectivity index (χ1) is 7.95. The summed E-state index contributed by atoms with van der Waals surface area (Å²) in [6, 6.07) is 1.69. The van der Waals surface area contributed by atoms with Gasteiger partial charge in [0.25, 0.3) is 0 Å². The van der Waals surface area contributed by atoms with Crippen LogP contribution in [0.5, 0.6) is 11.5 Å². The number of hydrogen-bond donors (Lipinski definition) is 1. The summed E-state index contributed by atoms with van der Waals surface area (Å²) in [6.07, 6.45) is 0.714. The lowest BCUT2D eigenvalue weighted by atomic mass is 9.95. The number of carbonyl (C=O) groups excluding carboxylic acids is 1. The van der Waals surface area contributed by atoms with Crippen molar-refractivity contribution in [3.63, 3.8) is 0 Å². The summed E-state index contributed by atoms with van der Waals surface area (Å²) < 4.78 is 11.6. The molecule has 0 unspecified atom stereocenters. The van der Waals surface area contributed by atoms with Crippen molar-refractivity contribution >= 4 is 22.2 Å². The van der Waals surface area contributed by atoms with Gasteiger partial charge in [-0.1, -0.05) is 0 Å². The maximum Gasteiger partial charge on any atom is 0.173 e. The van der Waals surface area contributed by atoms with Gasteiger partial charge in [0, 0.05) is 10.0 Å². The van der Waals surface area contributed by atoms with Crippen LogP contribution in [0.15, 0.2) is 10.5 Å². The van der Waals surface area contributed by atoms with E-state index < -0.39 is 5.60 Å². The van der Waals surface area contributed by atoms with Crippen molar-refractivity contribution in [2.24, 2.45) is 0 Å². The first-order valence-corrected chi connectivity index (χ1v) is 6.04. The van der Waals surface area contributed by atoms with Crippen molar-refractivity contribution in [1.82, 2.24) is 0 Å². The SMILES string of the molecule is CC(C)(O)c1cc(Br)c(C=O)c2c1OCCO2. The van der Waals surface area contributed by atoms with Crippen LogP contribution in [0.25, 0.3) is 0 Å². The van der Waals surface area contributed by atoms with Crippen molar-refractivity contribution in [1.29, 1.82) is 0 Å². The Morgan fingerprint density at radius 2 is 1.94 bits per heavy atom. The molecule has 1 aromatic carbocycles. The Labute approximate surface area is 108 Å². The standard InChI is InChI=1S/C12H13BrO4/c1-12(2,15)8-5-9(13)7(6-14)10-11(8)17-4-3-16-10/h5-6,15H,3-4H2,1-2H3. The van der Waals surface area contributed by atoms with Gasteiger partial charge >= 0.3 is 0 Å². The molecule has 4 nitrogen and oxygen atoms in total. The van der Waals surface area contributed by atoms with Crippen molar-refractivity contribution in [3.05, 3.63) is 21.7 Å². The highest BCUT2D eigenvalue weighted by Crippen LogP contribution is 2.44. The Balaban J connectivity index is 2.71. The number of aldehydes is 1. The molecule has 1 aliphatic rings. The fourth-order valence-corrected chi connectivity index (χ4v) is 2.26. The number of fused-ring (bicyclic) bond motifs is 1. The van der Waals surface area contributed by atoms with Gasteiger partial charge in [0.05, 0.1) is 11.2 Å². The fraction of sp³-hybridized carbons (Fsp3) is 0.417. The van der Waals surface area contributed by atoms with Crippen molar-refractivity contribution in [2.75, 3.05) is 13.2 Å². The molecule has 1 N–H and O–H groups in total. The summed E-state index contributed by atoms with van der Waals surface area (Å²) in [5, 5.41) is 10.1. The number of rotatable bonds is 2. The van der Waals surface area contributed by atoms with Gasteiger partial charge in [-0.25, -0.2) is 0 Å². The molecule has 1 heterocycles. The van der Waals surface area contributed by atoms with Crippen LogP contribution in [0.1, 0.15) is 29.8 Å². The number of carbonyl (C=O) groups is 1. The third-order valence-corrected chi connectivity index (χ3v) is 3.23. The number of benzene rings is 1. The normalized spacial score (nSPS) is 14.6. The second-order valence-corrected chi connectivity index (χ2v) is 5.21. The summed E-state index contributed by atoms with van der Waals surface area (Å²) in [4.78, 5) is 11.0. The summed E-state index contributed by atoms with van der Waals surface area (Å²) in [6.45, 7) is 4.13. The third-order valence-electron chi connectivity index (χ3n) is 2.58. The Morgan fingerprint density at radius 3 is 2.47 bits per heavy atom. The maximum atomic E-state index is 11.0. The summed E-state index contributed by atoms with van der Waals surface area (Å²) in [7, 11) is 0.